The predicted molar refractivity (Wildman–Crippen MR) is 89.5 cm³/mol. The van der Waals surface area contributed by atoms with Gasteiger partial charge < -0.3 is 16.0 Å². The summed E-state index contributed by atoms with van der Waals surface area (Å²) < 4.78 is 0. The molecule has 1 saturated carbocycles. The first-order valence-electron chi connectivity index (χ1n) is 7.67. The maximum Gasteiger partial charge on any atom is 0.0951 e. The van der Waals surface area contributed by atoms with E-state index in [2.05, 4.69) is 35.4 Å². The molecule has 0 unspecified atom stereocenters. The van der Waals surface area contributed by atoms with Gasteiger partial charge in [0.25, 0.3) is 0 Å². The molecule has 2 aromatic rings. The third-order valence-corrected chi connectivity index (χ3v) is 4.89. The van der Waals surface area contributed by atoms with Crippen LogP contribution in [0.15, 0.2) is 30.5 Å². The van der Waals surface area contributed by atoms with Crippen molar-refractivity contribution in [2.24, 2.45) is 0 Å². The minimum Gasteiger partial charge on any atom is -0.397 e. The van der Waals surface area contributed by atoms with E-state index in [1.807, 2.05) is 24.4 Å². The van der Waals surface area contributed by atoms with Crippen LogP contribution in [0.2, 0.25) is 0 Å². The Kier molecular flexibility index (Phi) is 3.72. The largest absolute Gasteiger partial charge is 0.397 e. The Hall–Kier alpha value is -1.81. The number of nitrogen functional groups attached to an aromatic ring is 1. The highest BCUT2D eigenvalue weighted by Gasteiger charge is 2.35. The number of benzene rings is 1. The van der Waals surface area contributed by atoms with Gasteiger partial charge >= 0.3 is 0 Å². The molecule has 1 aromatic carbocycles. The zero-order valence-corrected chi connectivity index (χ0v) is 12.9. The summed E-state index contributed by atoms with van der Waals surface area (Å²) in [6, 6.07) is 8.01. The molecule has 0 amide bonds. The summed E-state index contributed by atoms with van der Waals surface area (Å²) >= 11 is 0. The standard InChI is InChI=1S/C17H24N4/c1-21(2)17(9-3-4-10-17)12-20-15-8-11-19-16-13(15)6-5-7-14(16)18/h5-8,11H,3-4,9-10,12,18H2,1-2H3,(H,19,20). The number of nitrogens with zero attached hydrogens (tertiary/aromatic N) is 2. The third-order valence-electron chi connectivity index (χ3n) is 4.89. The number of aromatic nitrogens is 1. The zero-order valence-electron chi connectivity index (χ0n) is 12.9. The van der Waals surface area contributed by atoms with Crippen molar-refractivity contribution in [2.45, 2.75) is 31.2 Å². The molecule has 112 valence electrons. The zero-order chi connectivity index (χ0) is 14.9. The number of fused-ring (bicyclic) bond motifs is 1. The number of likely N-dealkylation sites (N-methyl/N-ethyl adjacent to an activating group) is 1. The molecule has 0 spiro atoms. The molecule has 1 aromatic heterocycles. The number of pyridine rings is 1. The Balaban J connectivity index is 1.87. The fraction of sp³-hybridized carbons (Fsp3) is 0.471. The van der Waals surface area contributed by atoms with Gasteiger partial charge in [0.1, 0.15) is 0 Å². The molecule has 0 radical (unpaired) electrons. The fourth-order valence-corrected chi connectivity index (χ4v) is 3.43. The molecule has 1 fully saturated rings. The topological polar surface area (TPSA) is 54.2 Å². The summed E-state index contributed by atoms with van der Waals surface area (Å²) in [4.78, 5) is 6.78. The minimum absolute atomic E-state index is 0.274. The molecular formula is C17H24N4. The first-order valence-corrected chi connectivity index (χ1v) is 7.67. The summed E-state index contributed by atoms with van der Waals surface area (Å²) in [6.45, 7) is 0.966. The molecule has 3 rings (SSSR count). The van der Waals surface area contributed by atoms with Crippen molar-refractivity contribution in [2.75, 3.05) is 31.7 Å². The van der Waals surface area contributed by atoms with Gasteiger partial charge in [0.05, 0.1) is 11.2 Å². The predicted octanol–water partition coefficient (Wildman–Crippen LogP) is 3.10. The lowest BCUT2D eigenvalue weighted by Gasteiger charge is -2.37. The molecule has 0 aliphatic heterocycles. The molecule has 0 saturated heterocycles. The van der Waals surface area contributed by atoms with Gasteiger partial charge in [-0.25, -0.2) is 0 Å². The molecule has 1 aliphatic rings. The van der Waals surface area contributed by atoms with Crippen molar-refractivity contribution in [1.29, 1.82) is 0 Å². The van der Waals surface area contributed by atoms with E-state index < -0.39 is 0 Å². The van der Waals surface area contributed by atoms with Gasteiger partial charge in [-0.05, 0) is 39.1 Å². The Morgan fingerprint density at radius 2 is 2.00 bits per heavy atom. The molecule has 3 N–H and O–H groups in total. The van der Waals surface area contributed by atoms with Crippen LogP contribution in [0.1, 0.15) is 25.7 Å². The van der Waals surface area contributed by atoms with E-state index in [9.17, 15) is 0 Å². The third kappa shape index (κ3) is 2.56. The van der Waals surface area contributed by atoms with Crippen molar-refractivity contribution in [3.05, 3.63) is 30.5 Å². The molecule has 21 heavy (non-hydrogen) atoms. The van der Waals surface area contributed by atoms with Crippen LogP contribution in [-0.2, 0) is 0 Å². The number of hydrogen-bond acceptors (Lipinski definition) is 4. The highest BCUT2D eigenvalue weighted by atomic mass is 15.2. The van der Waals surface area contributed by atoms with Crippen molar-refractivity contribution in [3.8, 4) is 0 Å². The van der Waals surface area contributed by atoms with Crippen LogP contribution in [-0.4, -0.2) is 36.1 Å². The second-order valence-corrected chi connectivity index (χ2v) is 6.28. The molecule has 4 nitrogen and oxygen atoms in total. The monoisotopic (exact) mass is 284 g/mol. The Labute approximate surface area is 126 Å². The van der Waals surface area contributed by atoms with E-state index in [0.717, 1.165) is 28.8 Å². The van der Waals surface area contributed by atoms with Gasteiger partial charge in [0.2, 0.25) is 0 Å². The lowest BCUT2D eigenvalue weighted by atomic mass is 9.96. The Morgan fingerprint density at radius 3 is 2.71 bits per heavy atom. The van der Waals surface area contributed by atoms with E-state index >= 15 is 0 Å². The summed E-state index contributed by atoms with van der Waals surface area (Å²) in [7, 11) is 4.38. The molecule has 0 atom stereocenters. The van der Waals surface area contributed by atoms with Crippen molar-refractivity contribution < 1.29 is 0 Å². The van der Waals surface area contributed by atoms with E-state index in [-0.39, 0.29) is 5.54 Å². The number of nitrogens with one attached hydrogen (secondary N) is 1. The van der Waals surface area contributed by atoms with E-state index in [1.165, 1.54) is 25.7 Å². The second kappa shape index (κ2) is 5.53. The fourth-order valence-electron chi connectivity index (χ4n) is 3.43. The SMILES string of the molecule is CN(C)C1(CNc2ccnc3c(N)cccc23)CCCC1. The summed E-state index contributed by atoms with van der Waals surface area (Å²) in [6.07, 6.45) is 7.00. The first kappa shape index (κ1) is 14.1. The highest BCUT2D eigenvalue weighted by molar-refractivity contribution is 5.97. The molecule has 4 heteroatoms. The number of hydrogen-bond donors (Lipinski definition) is 2. The van der Waals surface area contributed by atoms with Crippen LogP contribution >= 0.6 is 0 Å². The number of nitrogens with two attached hydrogens (primary N) is 1. The van der Waals surface area contributed by atoms with Crippen molar-refractivity contribution in [1.82, 2.24) is 9.88 Å². The molecule has 1 aliphatic carbocycles. The maximum absolute atomic E-state index is 6.02. The minimum atomic E-state index is 0.274. The Morgan fingerprint density at radius 1 is 1.24 bits per heavy atom. The maximum atomic E-state index is 6.02. The van der Waals surface area contributed by atoms with Crippen LogP contribution in [0, 0.1) is 0 Å². The second-order valence-electron chi connectivity index (χ2n) is 6.28. The van der Waals surface area contributed by atoms with Gasteiger partial charge in [-0.3, -0.25) is 4.98 Å². The summed E-state index contributed by atoms with van der Waals surface area (Å²) in [5.74, 6) is 0. The normalized spacial score (nSPS) is 17.5. The number of anilines is 2. The summed E-state index contributed by atoms with van der Waals surface area (Å²) in [5.41, 5.74) is 9.04. The molecule has 0 bridgehead atoms. The van der Waals surface area contributed by atoms with Crippen molar-refractivity contribution >= 4 is 22.3 Å². The molecular weight excluding hydrogens is 260 g/mol. The van der Waals surface area contributed by atoms with Crippen LogP contribution in [0.3, 0.4) is 0 Å². The Bertz CT molecular complexity index is 630. The summed E-state index contributed by atoms with van der Waals surface area (Å²) in [5, 5.41) is 4.74. The van der Waals surface area contributed by atoms with E-state index in [4.69, 9.17) is 5.73 Å². The highest BCUT2D eigenvalue weighted by Crippen LogP contribution is 2.34. The van der Waals surface area contributed by atoms with Gasteiger partial charge in [-0.15, -0.1) is 0 Å². The van der Waals surface area contributed by atoms with Crippen LogP contribution in [0.25, 0.3) is 10.9 Å². The van der Waals surface area contributed by atoms with Gasteiger partial charge in [-0.1, -0.05) is 25.0 Å². The quantitative estimate of drug-likeness (QED) is 0.847. The van der Waals surface area contributed by atoms with E-state index in [0.29, 0.717) is 0 Å². The van der Waals surface area contributed by atoms with Gasteiger partial charge in [-0.2, -0.15) is 0 Å². The van der Waals surface area contributed by atoms with Gasteiger partial charge in [0.15, 0.2) is 0 Å². The average molecular weight is 284 g/mol. The van der Waals surface area contributed by atoms with Gasteiger partial charge in [0, 0.05) is 29.4 Å². The number of para-hydroxylation sites is 1. The van der Waals surface area contributed by atoms with E-state index in [1.54, 1.807) is 0 Å². The number of rotatable bonds is 4. The smallest absolute Gasteiger partial charge is 0.0951 e. The lowest BCUT2D eigenvalue weighted by Crippen LogP contribution is -2.47. The first-order chi connectivity index (χ1) is 10.1. The lowest BCUT2D eigenvalue weighted by molar-refractivity contribution is 0.172. The van der Waals surface area contributed by atoms with Crippen molar-refractivity contribution in [3.63, 3.8) is 0 Å². The average Bonchev–Trinajstić information content (AvgIpc) is 2.96. The van der Waals surface area contributed by atoms with Crippen LogP contribution in [0.5, 0.6) is 0 Å². The van der Waals surface area contributed by atoms with Crippen LogP contribution in [0.4, 0.5) is 11.4 Å². The molecule has 1 heterocycles. The van der Waals surface area contributed by atoms with Crippen LogP contribution < -0.4 is 11.1 Å².